The molecule has 0 N–H and O–H groups in total. The summed E-state index contributed by atoms with van der Waals surface area (Å²) < 4.78 is 86.9. The molecule has 0 atom stereocenters. The number of para-hydroxylation sites is 1. The summed E-state index contributed by atoms with van der Waals surface area (Å²) in [6.07, 6.45) is -3.81. The van der Waals surface area contributed by atoms with Crippen LogP contribution in [-0.4, -0.2) is 12.8 Å². The molecule has 0 saturated heterocycles. The van der Waals surface area contributed by atoms with Crippen LogP contribution in [0.2, 0.25) is 0 Å². The normalized spacial score (nSPS) is 12.4. The van der Waals surface area contributed by atoms with Gasteiger partial charge < -0.3 is 9.47 Å². The smallest absolute Gasteiger partial charge is 0.454 e. The van der Waals surface area contributed by atoms with Crippen molar-refractivity contribution in [2.24, 2.45) is 0 Å². The first-order valence-electron chi connectivity index (χ1n) is 9.26. The van der Waals surface area contributed by atoms with Crippen molar-refractivity contribution in [3.05, 3.63) is 102 Å². The number of allylic oxidation sites excluding steroid dienone is 3. The lowest BCUT2D eigenvalue weighted by atomic mass is 10.1. The van der Waals surface area contributed by atoms with Gasteiger partial charge in [0.25, 0.3) is 6.43 Å². The van der Waals surface area contributed by atoms with Crippen LogP contribution >= 0.6 is 0 Å². The van der Waals surface area contributed by atoms with Crippen molar-refractivity contribution in [2.75, 3.05) is 0 Å². The van der Waals surface area contributed by atoms with Gasteiger partial charge in [-0.1, -0.05) is 54.6 Å². The van der Waals surface area contributed by atoms with Crippen molar-refractivity contribution in [1.82, 2.24) is 0 Å². The lowest BCUT2D eigenvalue weighted by Gasteiger charge is -2.10. The van der Waals surface area contributed by atoms with Crippen LogP contribution in [0.3, 0.4) is 0 Å². The maximum absolute atomic E-state index is 14.0. The molecule has 2 nitrogen and oxygen atoms in total. The second kappa shape index (κ2) is 10.1. The number of alkyl halides is 5. The molecule has 0 aromatic heterocycles. The summed E-state index contributed by atoms with van der Waals surface area (Å²) in [4.78, 5) is 0. The highest BCUT2D eigenvalue weighted by Gasteiger charge is 2.31. The quantitative estimate of drug-likeness (QED) is 0.269. The zero-order valence-electron chi connectivity index (χ0n) is 16.3. The summed E-state index contributed by atoms with van der Waals surface area (Å²) >= 11 is 0. The van der Waals surface area contributed by atoms with Crippen LogP contribution in [0, 0.1) is 5.82 Å². The van der Waals surface area contributed by atoms with Gasteiger partial charge in [-0.05, 0) is 47.5 Å². The van der Waals surface area contributed by atoms with Crippen LogP contribution in [-0.2, 0) is 0 Å². The third-order valence-corrected chi connectivity index (χ3v) is 4.15. The molecule has 0 fully saturated rings. The van der Waals surface area contributed by atoms with Crippen molar-refractivity contribution < 1.29 is 35.8 Å². The van der Waals surface area contributed by atoms with Crippen molar-refractivity contribution in [2.45, 2.75) is 12.8 Å². The van der Waals surface area contributed by atoms with Crippen molar-refractivity contribution in [3.63, 3.8) is 0 Å². The van der Waals surface area contributed by atoms with Crippen LogP contribution in [0.15, 0.2) is 84.9 Å². The standard InChI is InChI=1S/C24H16F6O2/c25-21-14-9-16(15-22(21)31-18-6-2-1-3-7-18)5-4-8-20(23(26)27)17-10-12-19(13-11-17)32-24(28,29)30/h1-15,23H/b5-4-,20-8+. The minimum Gasteiger partial charge on any atom is -0.454 e. The third-order valence-electron chi connectivity index (χ3n) is 4.15. The highest BCUT2D eigenvalue weighted by Crippen LogP contribution is 2.28. The average molecular weight is 450 g/mol. The van der Waals surface area contributed by atoms with E-state index in [2.05, 4.69) is 4.74 Å². The Morgan fingerprint density at radius 1 is 0.844 bits per heavy atom. The van der Waals surface area contributed by atoms with E-state index in [4.69, 9.17) is 4.74 Å². The Hall–Kier alpha value is -3.68. The second-order valence-electron chi connectivity index (χ2n) is 6.46. The first kappa shape index (κ1) is 23.0. The Morgan fingerprint density at radius 2 is 1.53 bits per heavy atom. The monoisotopic (exact) mass is 450 g/mol. The minimum atomic E-state index is -4.87. The van der Waals surface area contributed by atoms with Crippen LogP contribution in [0.5, 0.6) is 17.2 Å². The highest BCUT2D eigenvalue weighted by molar-refractivity contribution is 5.71. The van der Waals surface area contributed by atoms with Gasteiger partial charge in [0.1, 0.15) is 11.5 Å². The first-order valence-corrected chi connectivity index (χ1v) is 9.26. The summed E-state index contributed by atoms with van der Waals surface area (Å²) in [6.45, 7) is 0. The molecule has 0 saturated carbocycles. The Balaban J connectivity index is 1.78. The SMILES string of the molecule is Fc1ccc(/C=C\C=C(/c2ccc(OC(F)(F)F)cc2)C(F)F)cc1Oc1ccccc1. The van der Waals surface area contributed by atoms with Gasteiger partial charge in [-0.15, -0.1) is 13.2 Å². The lowest BCUT2D eigenvalue weighted by molar-refractivity contribution is -0.274. The fourth-order valence-electron chi connectivity index (χ4n) is 2.72. The van der Waals surface area contributed by atoms with Crippen LogP contribution in [0.4, 0.5) is 26.3 Å². The van der Waals surface area contributed by atoms with E-state index in [0.717, 1.165) is 30.3 Å². The Kier molecular flexibility index (Phi) is 7.25. The first-order chi connectivity index (χ1) is 15.2. The summed E-state index contributed by atoms with van der Waals surface area (Å²) in [7, 11) is 0. The molecule has 0 aliphatic carbocycles. The van der Waals surface area contributed by atoms with E-state index < -0.39 is 29.9 Å². The Labute approximate surface area is 180 Å². The minimum absolute atomic E-state index is 0.0309. The molecule has 8 heteroatoms. The van der Waals surface area contributed by atoms with Crippen LogP contribution < -0.4 is 9.47 Å². The molecule has 0 heterocycles. The number of halogens is 6. The molecule has 0 radical (unpaired) electrons. The molecular weight excluding hydrogens is 434 g/mol. The maximum atomic E-state index is 14.0. The van der Waals surface area contributed by atoms with E-state index >= 15 is 0 Å². The van der Waals surface area contributed by atoms with Gasteiger partial charge in [0.15, 0.2) is 11.6 Å². The largest absolute Gasteiger partial charge is 0.573 e. The van der Waals surface area contributed by atoms with Crippen molar-refractivity contribution in [3.8, 4) is 17.2 Å². The van der Waals surface area contributed by atoms with Crippen LogP contribution in [0.25, 0.3) is 11.6 Å². The molecule has 0 amide bonds. The molecule has 0 aliphatic heterocycles. The van der Waals surface area contributed by atoms with Crippen molar-refractivity contribution >= 4 is 11.6 Å². The van der Waals surface area contributed by atoms with Crippen molar-refractivity contribution in [1.29, 1.82) is 0 Å². The predicted octanol–water partition coefficient (Wildman–Crippen LogP) is 7.88. The topological polar surface area (TPSA) is 18.5 Å². The van der Waals surface area contributed by atoms with Gasteiger partial charge in [0.05, 0.1) is 0 Å². The molecule has 0 unspecified atom stereocenters. The summed E-state index contributed by atoms with van der Waals surface area (Å²) in [6, 6.07) is 16.7. The average Bonchev–Trinajstić information content (AvgIpc) is 2.74. The number of hydrogen-bond donors (Lipinski definition) is 0. The molecule has 3 aromatic rings. The molecular formula is C24H16F6O2. The number of benzene rings is 3. The number of rotatable bonds is 7. The molecule has 166 valence electrons. The van der Waals surface area contributed by atoms with Gasteiger partial charge in [-0.25, -0.2) is 13.2 Å². The zero-order valence-corrected chi connectivity index (χ0v) is 16.3. The van der Waals surface area contributed by atoms with Gasteiger partial charge >= 0.3 is 6.36 Å². The number of ether oxygens (including phenoxy) is 2. The molecule has 0 aliphatic rings. The maximum Gasteiger partial charge on any atom is 0.573 e. The summed E-state index contributed by atoms with van der Waals surface area (Å²) in [5, 5.41) is 0. The van der Waals surface area contributed by atoms with Gasteiger partial charge in [0.2, 0.25) is 0 Å². The van der Waals surface area contributed by atoms with E-state index in [-0.39, 0.29) is 11.3 Å². The van der Waals surface area contributed by atoms with Gasteiger partial charge in [0, 0.05) is 5.57 Å². The highest BCUT2D eigenvalue weighted by atomic mass is 19.4. The van der Waals surface area contributed by atoms with E-state index in [1.807, 2.05) is 0 Å². The zero-order chi connectivity index (χ0) is 23.1. The van der Waals surface area contributed by atoms with Crippen LogP contribution in [0.1, 0.15) is 11.1 Å². The third kappa shape index (κ3) is 6.66. The second-order valence-corrected chi connectivity index (χ2v) is 6.46. The predicted molar refractivity (Wildman–Crippen MR) is 109 cm³/mol. The fraction of sp³-hybridized carbons (Fsp3) is 0.0833. The van der Waals surface area contributed by atoms with E-state index in [1.165, 1.54) is 30.4 Å². The molecule has 0 spiro atoms. The van der Waals surface area contributed by atoms with Gasteiger partial charge in [-0.2, -0.15) is 0 Å². The lowest BCUT2D eigenvalue weighted by Crippen LogP contribution is -2.17. The Bertz CT molecular complexity index is 1090. The summed E-state index contributed by atoms with van der Waals surface area (Å²) in [5.74, 6) is -0.694. The molecule has 0 bridgehead atoms. The molecule has 32 heavy (non-hydrogen) atoms. The summed E-state index contributed by atoms with van der Waals surface area (Å²) in [5.41, 5.74) is 0.130. The fourth-order valence-corrected chi connectivity index (χ4v) is 2.72. The van der Waals surface area contributed by atoms with E-state index in [1.54, 1.807) is 30.3 Å². The Morgan fingerprint density at radius 3 is 2.16 bits per heavy atom. The number of hydrogen-bond acceptors (Lipinski definition) is 2. The van der Waals surface area contributed by atoms with E-state index in [9.17, 15) is 26.3 Å². The molecule has 3 rings (SSSR count). The van der Waals surface area contributed by atoms with Gasteiger partial charge in [-0.3, -0.25) is 0 Å². The van der Waals surface area contributed by atoms with E-state index in [0.29, 0.717) is 11.3 Å². The molecule has 3 aromatic carbocycles.